The van der Waals surface area contributed by atoms with E-state index in [-0.39, 0.29) is 12.4 Å². The molecule has 74 valence electrons. The van der Waals surface area contributed by atoms with Crippen molar-refractivity contribution >= 4 is 12.4 Å². The molecule has 0 unspecified atom stereocenters. The molecule has 1 aliphatic heterocycles. The van der Waals surface area contributed by atoms with Gasteiger partial charge in [-0.3, -0.25) is 0 Å². The molecule has 2 atom stereocenters. The van der Waals surface area contributed by atoms with Gasteiger partial charge >= 0.3 is 0 Å². The molecular formula is C8H18ClNO2. The number of halogens is 1. The predicted octanol–water partition coefficient (Wildman–Crippen LogP) is 0.537. The molecule has 4 heteroatoms. The summed E-state index contributed by atoms with van der Waals surface area (Å²) in [5, 5.41) is 3.33. The van der Waals surface area contributed by atoms with Crippen LogP contribution in [0.3, 0.4) is 0 Å². The van der Waals surface area contributed by atoms with E-state index in [1.807, 2.05) is 0 Å². The van der Waals surface area contributed by atoms with Crippen LogP contribution in [0.1, 0.15) is 0 Å². The molecule has 0 bridgehead atoms. The van der Waals surface area contributed by atoms with Gasteiger partial charge in [-0.15, -0.1) is 12.4 Å². The molecule has 1 aliphatic rings. The molecule has 0 aromatic carbocycles. The van der Waals surface area contributed by atoms with E-state index in [1.165, 1.54) is 0 Å². The van der Waals surface area contributed by atoms with Crippen molar-refractivity contribution in [2.45, 2.75) is 0 Å². The zero-order valence-corrected chi connectivity index (χ0v) is 8.52. The Labute approximate surface area is 80.2 Å². The van der Waals surface area contributed by atoms with Crippen molar-refractivity contribution < 1.29 is 9.47 Å². The van der Waals surface area contributed by atoms with Gasteiger partial charge in [-0.2, -0.15) is 0 Å². The summed E-state index contributed by atoms with van der Waals surface area (Å²) >= 11 is 0. The number of nitrogens with one attached hydrogen (secondary N) is 1. The topological polar surface area (TPSA) is 30.5 Å². The van der Waals surface area contributed by atoms with Crippen LogP contribution in [0, 0.1) is 11.8 Å². The largest absolute Gasteiger partial charge is 0.384 e. The van der Waals surface area contributed by atoms with Crippen LogP contribution in [0.4, 0.5) is 0 Å². The summed E-state index contributed by atoms with van der Waals surface area (Å²) in [6.07, 6.45) is 0. The van der Waals surface area contributed by atoms with Crippen molar-refractivity contribution in [3.8, 4) is 0 Å². The molecule has 1 N–H and O–H groups in total. The van der Waals surface area contributed by atoms with Crippen LogP contribution in [-0.4, -0.2) is 40.5 Å². The molecule has 1 heterocycles. The number of hydrogen-bond donors (Lipinski definition) is 1. The number of methoxy groups -OCH3 is 2. The van der Waals surface area contributed by atoms with Gasteiger partial charge in [0, 0.05) is 39.1 Å². The van der Waals surface area contributed by atoms with Gasteiger partial charge in [0.25, 0.3) is 0 Å². The Hall–Kier alpha value is 0.170. The van der Waals surface area contributed by atoms with E-state index < -0.39 is 0 Å². The lowest BCUT2D eigenvalue weighted by atomic mass is 9.98. The van der Waals surface area contributed by atoms with E-state index in [9.17, 15) is 0 Å². The van der Waals surface area contributed by atoms with Gasteiger partial charge in [0.15, 0.2) is 0 Å². The van der Waals surface area contributed by atoms with Gasteiger partial charge in [0.2, 0.25) is 0 Å². The highest BCUT2D eigenvalue weighted by Gasteiger charge is 2.26. The minimum absolute atomic E-state index is 0. The van der Waals surface area contributed by atoms with Gasteiger partial charge in [-0.05, 0) is 0 Å². The number of rotatable bonds is 4. The standard InChI is InChI=1S/C8H17NO2.ClH/c1-10-5-7-3-9-4-8(7)6-11-2;/h7-9H,3-6H2,1-2H3;1H/t7-,8+;. The van der Waals surface area contributed by atoms with Crippen molar-refractivity contribution in [1.82, 2.24) is 5.32 Å². The first-order chi connectivity index (χ1) is 5.38. The third-order valence-electron chi connectivity index (χ3n) is 2.24. The first-order valence-corrected chi connectivity index (χ1v) is 4.07. The summed E-state index contributed by atoms with van der Waals surface area (Å²) in [5.41, 5.74) is 0. The van der Waals surface area contributed by atoms with Crippen molar-refractivity contribution in [2.24, 2.45) is 11.8 Å². The van der Waals surface area contributed by atoms with Gasteiger partial charge in [-0.1, -0.05) is 0 Å². The van der Waals surface area contributed by atoms with E-state index >= 15 is 0 Å². The van der Waals surface area contributed by atoms with Crippen LogP contribution in [0.15, 0.2) is 0 Å². The number of ether oxygens (including phenoxy) is 2. The summed E-state index contributed by atoms with van der Waals surface area (Å²) in [6.45, 7) is 3.84. The Morgan fingerprint density at radius 1 is 1.08 bits per heavy atom. The molecule has 0 aliphatic carbocycles. The van der Waals surface area contributed by atoms with Gasteiger partial charge < -0.3 is 14.8 Å². The van der Waals surface area contributed by atoms with E-state index in [4.69, 9.17) is 9.47 Å². The van der Waals surface area contributed by atoms with Gasteiger partial charge in [0.1, 0.15) is 0 Å². The molecule has 0 spiro atoms. The lowest BCUT2D eigenvalue weighted by Crippen LogP contribution is -2.21. The van der Waals surface area contributed by atoms with Crippen molar-refractivity contribution in [1.29, 1.82) is 0 Å². The maximum atomic E-state index is 5.11. The van der Waals surface area contributed by atoms with Crippen LogP contribution < -0.4 is 5.32 Å². The summed E-state index contributed by atoms with van der Waals surface area (Å²) in [6, 6.07) is 0. The van der Waals surface area contributed by atoms with Crippen LogP contribution >= 0.6 is 12.4 Å². The summed E-state index contributed by atoms with van der Waals surface area (Å²) in [4.78, 5) is 0. The van der Waals surface area contributed by atoms with Crippen LogP contribution in [0.25, 0.3) is 0 Å². The molecule has 12 heavy (non-hydrogen) atoms. The fourth-order valence-electron chi connectivity index (χ4n) is 1.61. The number of hydrogen-bond acceptors (Lipinski definition) is 3. The highest BCUT2D eigenvalue weighted by Crippen LogP contribution is 2.16. The van der Waals surface area contributed by atoms with E-state index in [2.05, 4.69) is 5.32 Å². The van der Waals surface area contributed by atoms with Crippen molar-refractivity contribution in [2.75, 3.05) is 40.5 Å². The first-order valence-electron chi connectivity index (χ1n) is 4.07. The highest BCUT2D eigenvalue weighted by atomic mass is 35.5. The average molecular weight is 196 g/mol. The molecule has 0 aromatic heterocycles. The molecule has 0 amide bonds. The van der Waals surface area contributed by atoms with Crippen LogP contribution in [0.2, 0.25) is 0 Å². The molecule has 3 nitrogen and oxygen atoms in total. The molecule has 1 rings (SSSR count). The van der Waals surface area contributed by atoms with E-state index in [0.29, 0.717) is 11.8 Å². The maximum absolute atomic E-state index is 5.11. The normalized spacial score (nSPS) is 28.5. The zero-order valence-electron chi connectivity index (χ0n) is 7.71. The SMILES string of the molecule is COC[C@H]1CNC[C@H]1COC.Cl. The van der Waals surface area contributed by atoms with Crippen LogP contribution in [0.5, 0.6) is 0 Å². The average Bonchev–Trinajstić information content (AvgIpc) is 2.39. The predicted molar refractivity (Wildman–Crippen MR) is 50.8 cm³/mol. The van der Waals surface area contributed by atoms with Gasteiger partial charge in [0.05, 0.1) is 13.2 Å². The Balaban J connectivity index is 0.00000121. The molecule has 0 aromatic rings. The Kier molecular flexibility index (Phi) is 6.76. The van der Waals surface area contributed by atoms with Crippen molar-refractivity contribution in [3.63, 3.8) is 0 Å². The Morgan fingerprint density at radius 3 is 1.83 bits per heavy atom. The Morgan fingerprint density at radius 2 is 1.50 bits per heavy atom. The molecule has 0 radical (unpaired) electrons. The third kappa shape index (κ3) is 3.27. The maximum Gasteiger partial charge on any atom is 0.0506 e. The Bertz CT molecular complexity index is 101. The second kappa shape index (κ2) is 6.66. The fourth-order valence-corrected chi connectivity index (χ4v) is 1.61. The fraction of sp³-hybridized carbons (Fsp3) is 1.00. The van der Waals surface area contributed by atoms with Gasteiger partial charge in [-0.25, -0.2) is 0 Å². The van der Waals surface area contributed by atoms with E-state index in [0.717, 1.165) is 26.3 Å². The zero-order chi connectivity index (χ0) is 8.10. The smallest absolute Gasteiger partial charge is 0.0506 e. The minimum Gasteiger partial charge on any atom is -0.384 e. The molecule has 1 fully saturated rings. The van der Waals surface area contributed by atoms with E-state index in [1.54, 1.807) is 14.2 Å². The van der Waals surface area contributed by atoms with Crippen molar-refractivity contribution in [3.05, 3.63) is 0 Å². The molecular weight excluding hydrogens is 178 g/mol. The summed E-state index contributed by atoms with van der Waals surface area (Å²) in [5.74, 6) is 1.28. The minimum atomic E-state index is 0. The summed E-state index contributed by atoms with van der Waals surface area (Å²) in [7, 11) is 3.50. The highest BCUT2D eigenvalue weighted by molar-refractivity contribution is 5.85. The second-order valence-electron chi connectivity index (χ2n) is 3.09. The molecule has 1 saturated heterocycles. The molecule has 0 saturated carbocycles. The third-order valence-corrected chi connectivity index (χ3v) is 2.24. The second-order valence-corrected chi connectivity index (χ2v) is 3.09. The first kappa shape index (κ1) is 12.2. The summed E-state index contributed by atoms with van der Waals surface area (Å²) < 4.78 is 10.2. The van der Waals surface area contributed by atoms with Crippen LogP contribution in [-0.2, 0) is 9.47 Å². The lowest BCUT2D eigenvalue weighted by Gasteiger charge is -2.15. The monoisotopic (exact) mass is 195 g/mol. The lowest BCUT2D eigenvalue weighted by molar-refractivity contribution is 0.0937. The quantitative estimate of drug-likeness (QED) is 0.711.